The van der Waals surface area contributed by atoms with Crippen LogP contribution < -0.4 is 11.1 Å². The molecular formula is C10H14N4O3S. The Kier molecular flexibility index (Phi) is 5.37. The van der Waals surface area contributed by atoms with Gasteiger partial charge >= 0.3 is 5.69 Å². The number of hydrogen-bond donors (Lipinski definition) is 2. The fourth-order valence-electron chi connectivity index (χ4n) is 1.14. The summed E-state index contributed by atoms with van der Waals surface area (Å²) in [5, 5.41) is 13.6. The Morgan fingerprint density at radius 1 is 1.61 bits per heavy atom. The molecule has 0 fully saturated rings. The van der Waals surface area contributed by atoms with Crippen molar-refractivity contribution in [2.45, 2.75) is 18.4 Å². The van der Waals surface area contributed by atoms with E-state index in [-0.39, 0.29) is 28.2 Å². The minimum absolute atomic E-state index is 0.0806. The molecule has 1 aromatic rings. The van der Waals surface area contributed by atoms with Gasteiger partial charge in [-0.25, -0.2) is 4.98 Å². The van der Waals surface area contributed by atoms with E-state index in [1.807, 2.05) is 6.92 Å². The topological polar surface area (TPSA) is 111 Å². The molecule has 3 N–H and O–H groups in total. The van der Waals surface area contributed by atoms with Gasteiger partial charge < -0.3 is 11.1 Å². The summed E-state index contributed by atoms with van der Waals surface area (Å²) in [5.74, 6) is 0.0922. The molecule has 0 radical (unpaired) electrons. The summed E-state index contributed by atoms with van der Waals surface area (Å²) < 4.78 is 0. The largest absolute Gasteiger partial charge is 0.384 e. The molecule has 18 heavy (non-hydrogen) atoms. The summed E-state index contributed by atoms with van der Waals surface area (Å²) in [5.41, 5.74) is 5.33. The van der Waals surface area contributed by atoms with Gasteiger partial charge in [-0.05, 0) is 12.5 Å². The lowest BCUT2D eigenvalue weighted by Crippen LogP contribution is -2.25. The first-order valence-electron chi connectivity index (χ1n) is 5.35. The second kappa shape index (κ2) is 6.80. The number of hydrogen-bond acceptors (Lipinski definition) is 6. The Hall–Kier alpha value is -1.83. The van der Waals surface area contributed by atoms with E-state index >= 15 is 0 Å². The molecule has 0 atom stereocenters. The maximum absolute atomic E-state index is 11.4. The maximum Gasteiger partial charge on any atom is 0.301 e. The van der Waals surface area contributed by atoms with E-state index in [1.54, 1.807) is 0 Å². The molecule has 8 heteroatoms. The van der Waals surface area contributed by atoms with Crippen LogP contribution in [0.3, 0.4) is 0 Å². The third-order valence-corrected chi connectivity index (χ3v) is 2.95. The summed E-state index contributed by atoms with van der Waals surface area (Å²) in [6.45, 7) is 2.53. The molecule has 1 heterocycles. The zero-order valence-corrected chi connectivity index (χ0v) is 10.7. The number of carbonyl (C=O) groups is 1. The third-order valence-electron chi connectivity index (χ3n) is 1.97. The smallest absolute Gasteiger partial charge is 0.301 e. The summed E-state index contributed by atoms with van der Waals surface area (Å²) >= 11 is 1.00. The van der Waals surface area contributed by atoms with Gasteiger partial charge in [0.15, 0.2) is 5.03 Å². The highest BCUT2D eigenvalue weighted by atomic mass is 32.2. The number of amides is 1. The second-order valence-electron chi connectivity index (χ2n) is 3.46. The van der Waals surface area contributed by atoms with Crippen molar-refractivity contribution in [3.8, 4) is 0 Å². The summed E-state index contributed by atoms with van der Waals surface area (Å²) in [6, 6.07) is 2.65. The third kappa shape index (κ3) is 4.21. The number of aromatic nitrogens is 1. The average Bonchev–Trinajstić information content (AvgIpc) is 2.33. The lowest BCUT2D eigenvalue weighted by atomic mass is 10.4. The maximum atomic E-state index is 11.4. The van der Waals surface area contributed by atoms with Gasteiger partial charge in [-0.1, -0.05) is 18.7 Å². The van der Waals surface area contributed by atoms with Crippen molar-refractivity contribution in [1.29, 1.82) is 0 Å². The second-order valence-corrected chi connectivity index (χ2v) is 4.42. The molecule has 1 amide bonds. The number of nitrogens with two attached hydrogens (primary N) is 1. The predicted octanol–water partition coefficient (Wildman–Crippen LogP) is 1.19. The van der Waals surface area contributed by atoms with Gasteiger partial charge in [0.25, 0.3) is 0 Å². The van der Waals surface area contributed by atoms with E-state index in [4.69, 9.17) is 5.73 Å². The van der Waals surface area contributed by atoms with Gasteiger partial charge in [0.1, 0.15) is 5.82 Å². The first-order chi connectivity index (χ1) is 8.54. The van der Waals surface area contributed by atoms with Crippen LogP contribution in [0, 0.1) is 10.1 Å². The van der Waals surface area contributed by atoms with E-state index in [2.05, 4.69) is 10.3 Å². The Morgan fingerprint density at radius 2 is 2.33 bits per heavy atom. The highest BCUT2D eigenvalue weighted by Crippen LogP contribution is 2.27. The predicted molar refractivity (Wildman–Crippen MR) is 69.3 cm³/mol. The van der Waals surface area contributed by atoms with E-state index < -0.39 is 4.92 Å². The highest BCUT2D eigenvalue weighted by molar-refractivity contribution is 8.00. The lowest BCUT2D eigenvalue weighted by Gasteiger charge is -2.04. The minimum atomic E-state index is -0.543. The average molecular weight is 270 g/mol. The fraction of sp³-hybridized carbons (Fsp3) is 0.400. The zero-order valence-electron chi connectivity index (χ0n) is 9.88. The Morgan fingerprint density at radius 3 is 2.94 bits per heavy atom. The van der Waals surface area contributed by atoms with E-state index in [9.17, 15) is 14.9 Å². The van der Waals surface area contributed by atoms with Gasteiger partial charge in [-0.15, -0.1) is 0 Å². The van der Waals surface area contributed by atoms with Crippen LogP contribution in [0.15, 0.2) is 17.2 Å². The van der Waals surface area contributed by atoms with Gasteiger partial charge in [-0.3, -0.25) is 14.9 Å². The highest BCUT2D eigenvalue weighted by Gasteiger charge is 2.17. The summed E-state index contributed by atoms with van der Waals surface area (Å²) in [4.78, 5) is 25.5. The van der Waals surface area contributed by atoms with E-state index in [0.717, 1.165) is 18.2 Å². The van der Waals surface area contributed by atoms with Gasteiger partial charge in [0, 0.05) is 12.6 Å². The molecule has 7 nitrogen and oxygen atoms in total. The van der Waals surface area contributed by atoms with Crippen LogP contribution in [0.25, 0.3) is 0 Å². The summed E-state index contributed by atoms with van der Waals surface area (Å²) in [7, 11) is 0. The molecule has 1 rings (SSSR count). The number of nitrogen functional groups attached to an aromatic ring is 1. The molecule has 1 aromatic heterocycles. The monoisotopic (exact) mass is 270 g/mol. The van der Waals surface area contributed by atoms with E-state index in [0.29, 0.717) is 6.54 Å². The molecule has 0 unspecified atom stereocenters. The van der Waals surface area contributed by atoms with Gasteiger partial charge in [-0.2, -0.15) is 0 Å². The van der Waals surface area contributed by atoms with Crippen molar-refractivity contribution in [3.63, 3.8) is 0 Å². The Bertz CT molecular complexity index is 453. The van der Waals surface area contributed by atoms with Crippen LogP contribution in [-0.4, -0.2) is 28.1 Å². The first kappa shape index (κ1) is 14.2. The number of carbonyl (C=O) groups excluding carboxylic acids is 1. The first-order valence-corrected chi connectivity index (χ1v) is 6.33. The van der Waals surface area contributed by atoms with Crippen LogP contribution in [0.2, 0.25) is 0 Å². The number of rotatable bonds is 6. The summed E-state index contributed by atoms with van der Waals surface area (Å²) in [6.07, 6.45) is 0.840. The van der Waals surface area contributed by atoms with Crippen LogP contribution in [0.4, 0.5) is 11.5 Å². The van der Waals surface area contributed by atoms with Crippen LogP contribution in [-0.2, 0) is 4.79 Å². The standard InChI is InChI=1S/C10H14N4O3S/c1-2-5-12-9(15)6-18-10-7(14(16)17)3-4-8(11)13-10/h3-4H,2,5-6H2,1H3,(H2,11,13)(H,12,15). The van der Waals surface area contributed by atoms with Gasteiger partial charge in [0.2, 0.25) is 5.91 Å². The molecular weight excluding hydrogens is 256 g/mol. The molecule has 0 bridgehead atoms. The molecule has 0 aliphatic heterocycles. The molecule has 0 aliphatic rings. The Labute approximate surface area is 108 Å². The molecule has 0 saturated carbocycles. The van der Waals surface area contributed by atoms with Crippen LogP contribution in [0.5, 0.6) is 0 Å². The molecule has 0 aliphatic carbocycles. The van der Waals surface area contributed by atoms with Crippen LogP contribution in [0.1, 0.15) is 13.3 Å². The zero-order chi connectivity index (χ0) is 13.5. The normalized spacial score (nSPS) is 10.1. The quantitative estimate of drug-likeness (QED) is 0.456. The van der Waals surface area contributed by atoms with Crippen molar-refractivity contribution >= 4 is 29.2 Å². The molecule has 0 saturated heterocycles. The van der Waals surface area contributed by atoms with E-state index in [1.165, 1.54) is 12.1 Å². The number of anilines is 1. The molecule has 98 valence electrons. The lowest BCUT2D eigenvalue weighted by molar-refractivity contribution is -0.388. The fourth-order valence-corrected chi connectivity index (χ4v) is 1.97. The van der Waals surface area contributed by atoms with Crippen molar-refractivity contribution in [2.75, 3.05) is 18.0 Å². The Balaban J connectivity index is 2.68. The van der Waals surface area contributed by atoms with Crippen molar-refractivity contribution < 1.29 is 9.72 Å². The molecule has 0 aromatic carbocycles. The number of nitro groups is 1. The van der Waals surface area contributed by atoms with Gasteiger partial charge in [0.05, 0.1) is 10.7 Å². The number of pyridine rings is 1. The van der Waals surface area contributed by atoms with Crippen molar-refractivity contribution in [3.05, 3.63) is 22.2 Å². The number of thioether (sulfide) groups is 1. The number of nitrogens with zero attached hydrogens (tertiary/aromatic N) is 2. The van der Waals surface area contributed by atoms with Crippen molar-refractivity contribution in [1.82, 2.24) is 10.3 Å². The van der Waals surface area contributed by atoms with Crippen molar-refractivity contribution in [2.24, 2.45) is 0 Å². The van der Waals surface area contributed by atoms with Crippen LogP contribution >= 0.6 is 11.8 Å². The number of nitrogens with one attached hydrogen (secondary N) is 1. The SMILES string of the molecule is CCCNC(=O)CSc1nc(N)ccc1[N+](=O)[O-]. The minimum Gasteiger partial charge on any atom is -0.384 e. The molecule has 0 spiro atoms.